The lowest BCUT2D eigenvalue weighted by atomic mass is 9.74. The van der Waals surface area contributed by atoms with Crippen LogP contribution in [-0.4, -0.2) is 7.05 Å². The van der Waals surface area contributed by atoms with Gasteiger partial charge in [0, 0.05) is 5.39 Å². The van der Waals surface area contributed by atoms with E-state index in [0.717, 1.165) is 17.8 Å². The smallest absolute Gasteiger partial charge is 0.134 e. The maximum Gasteiger partial charge on any atom is 0.134 e. The molecule has 2 nitrogen and oxygen atoms in total. The Morgan fingerprint density at radius 3 is 2.76 bits per heavy atom. The van der Waals surface area contributed by atoms with Crippen molar-refractivity contribution in [2.24, 2.45) is 0 Å². The molecule has 0 saturated carbocycles. The quantitative estimate of drug-likeness (QED) is 0.763. The third-order valence-electron chi connectivity index (χ3n) is 4.62. The number of hydrogen-bond donors (Lipinski definition) is 1. The van der Waals surface area contributed by atoms with Crippen LogP contribution < -0.4 is 5.32 Å². The number of para-hydroxylation sites is 1. The second-order valence-electron chi connectivity index (χ2n) is 5.86. The molecule has 0 radical (unpaired) electrons. The van der Waals surface area contributed by atoms with Crippen LogP contribution in [0.3, 0.4) is 0 Å². The summed E-state index contributed by atoms with van der Waals surface area (Å²) < 4.78 is 6.02. The van der Waals surface area contributed by atoms with Gasteiger partial charge in [-0.25, -0.2) is 0 Å². The third kappa shape index (κ3) is 2.16. The summed E-state index contributed by atoms with van der Waals surface area (Å²) in [4.78, 5) is 0. The predicted molar refractivity (Wildman–Crippen MR) is 85.5 cm³/mol. The van der Waals surface area contributed by atoms with Gasteiger partial charge in [0.05, 0.1) is 6.04 Å². The standard InChI is InChI=1S/C19H19NO/c1-20-17(11-15-10-13-6-2-4-8-16(13)15)19-12-14-7-3-5-9-18(14)21-19/h2-9,12,15,17,20H,10-11H2,1H3. The maximum atomic E-state index is 6.02. The SMILES string of the molecule is CNC(CC1Cc2ccccc21)c1cc2ccccc2o1. The molecule has 2 heteroatoms. The Kier molecular flexibility index (Phi) is 3.04. The molecular weight excluding hydrogens is 258 g/mol. The number of nitrogens with one attached hydrogen (secondary N) is 1. The van der Waals surface area contributed by atoms with Gasteiger partial charge >= 0.3 is 0 Å². The summed E-state index contributed by atoms with van der Waals surface area (Å²) in [5, 5.41) is 4.60. The third-order valence-corrected chi connectivity index (χ3v) is 4.62. The van der Waals surface area contributed by atoms with Gasteiger partial charge in [-0.3, -0.25) is 0 Å². The van der Waals surface area contributed by atoms with Gasteiger partial charge in [-0.05, 0) is 49.1 Å². The molecule has 2 unspecified atom stereocenters. The topological polar surface area (TPSA) is 25.2 Å². The molecule has 2 atom stereocenters. The molecule has 21 heavy (non-hydrogen) atoms. The van der Waals surface area contributed by atoms with Crippen molar-refractivity contribution in [3.8, 4) is 0 Å². The van der Waals surface area contributed by atoms with Crippen LogP contribution in [0.2, 0.25) is 0 Å². The van der Waals surface area contributed by atoms with Crippen molar-refractivity contribution in [2.75, 3.05) is 7.05 Å². The molecule has 4 rings (SSSR count). The summed E-state index contributed by atoms with van der Waals surface area (Å²) in [6.07, 6.45) is 2.28. The first-order valence-electron chi connectivity index (χ1n) is 7.58. The minimum absolute atomic E-state index is 0.274. The summed E-state index contributed by atoms with van der Waals surface area (Å²) >= 11 is 0. The second kappa shape index (κ2) is 5.05. The highest BCUT2D eigenvalue weighted by Gasteiger charge is 2.29. The Balaban J connectivity index is 1.58. The van der Waals surface area contributed by atoms with E-state index >= 15 is 0 Å². The van der Waals surface area contributed by atoms with Crippen LogP contribution in [0.25, 0.3) is 11.0 Å². The fraction of sp³-hybridized carbons (Fsp3) is 0.263. The van der Waals surface area contributed by atoms with Gasteiger partial charge < -0.3 is 9.73 Å². The second-order valence-corrected chi connectivity index (χ2v) is 5.86. The zero-order chi connectivity index (χ0) is 14.2. The monoisotopic (exact) mass is 277 g/mol. The lowest BCUT2D eigenvalue weighted by Crippen LogP contribution is -2.24. The molecule has 1 heterocycles. The van der Waals surface area contributed by atoms with Crippen LogP contribution in [-0.2, 0) is 6.42 Å². The minimum Gasteiger partial charge on any atom is -0.459 e. The van der Waals surface area contributed by atoms with Crippen molar-refractivity contribution in [3.63, 3.8) is 0 Å². The predicted octanol–water partition coefficient (Wildman–Crippen LogP) is 4.42. The van der Waals surface area contributed by atoms with Crippen molar-refractivity contribution in [1.29, 1.82) is 0 Å². The molecule has 3 aromatic rings. The van der Waals surface area contributed by atoms with Gasteiger partial charge in [-0.15, -0.1) is 0 Å². The molecule has 0 fully saturated rings. The van der Waals surface area contributed by atoms with Gasteiger partial charge in [-0.2, -0.15) is 0 Å². The Bertz CT molecular complexity index is 741. The first-order chi connectivity index (χ1) is 10.3. The summed E-state index contributed by atoms with van der Waals surface area (Å²) in [7, 11) is 2.02. The van der Waals surface area contributed by atoms with Crippen LogP contribution in [0, 0.1) is 0 Å². The Hall–Kier alpha value is -2.06. The molecule has 0 bridgehead atoms. The van der Waals surface area contributed by atoms with Gasteiger partial charge in [-0.1, -0.05) is 42.5 Å². The van der Waals surface area contributed by atoms with Gasteiger partial charge in [0.25, 0.3) is 0 Å². The maximum absolute atomic E-state index is 6.02. The minimum atomic E-state index is 0.274. The van der Waals surface area contributed by atoms with Crippen molar-refractivity contribution in [1.82, 2.24) is 5.32 Å². The fourth-order valence-electron chi connectivity index (χ4n) is 3.41. The van der Waals surface area contributed by atoms with E-state index < -0.39 is 0 Å². The highest BCUT2D eigenvalue weighted by atomic mass is 16.3. The molecule has 0 spiro atoms. The molecule has 0 saturated heterocycles. The number of benzene rings is 2. The van der Waals surface area contributed by atoms with E-state index in [1.807, 2.05) is 19.2 Å². The molecule has 106 valence electrons. The van der Waals surface area contributed by atoms with E-state index in [1.165, 1.54) is 22.9 Å². The molecule has 1 aliphatic carbocycles. The van der Waals surface area contributed by atoms with E-state index in [4.69, 9.17) is 4.42 Å². The number of fused-ring (bicyclic) bond motifs is 2. The van der Waals surface area contributed by atoms with Crippen molar-refractivity contribution in [2.45, 2.75) is 24.8 Å². The van der Waals surface area contributed by atoms with Crippen molar-refractivity contribution < 1.29 is 4.42 Å². The molecule has 0 amide bonds. The molecule has 2 aromatic carbocycles. The summed E-state index contributed by atoms with van der Waals surface area (Å²) in [5.74, 6) is 1.69. The van der Waals surface area contributed by atoms with Crippen LogP contribution in [0.5, 0.6) is 0 Å². The Morgan fingerprint density at radius 1 is 1.14 bits per heavy atom. The van der Waals surface area contributed by atoms with Crippen LogP contribution >= 0.6 is 0 Å². The highest BCUT2D eigenvalue weighted by molar-refractivity contribution is 5.77. The van der Waals surface area contributed by atoms with E-state index in [1.54, 1.807) is 0 Å². The van der Waals surface area contributed by atoms with Crippen LogP contribution in [0.4, 0.5) is 0 Å². The number of rotatable bonds is 4. The Morgan fingerprint density at radius 2 is 1.95 bits per heavy atom. The summed E-state index contributed by atoms with van der Waals surface area (Å²) in [5.41, 5.74) is 3.98. The normalized spacial score (nSPS) is 18.2. The average molecular weight is 277 g/mol. The molecule has 1 aliphatic rings. The first kappa shape index (κ1) is 12.7. The Labute approximate surface area is 124 Å². The average Bonchev–Trinajstić information content (AvgIpc) is 2.92. The van der Waals surface area contributed by atoms with Gasteiger partial charge in [0.1, 0.15) is 11.3 Å². The number of furan rings is 1. The van der Waals surface area contributed by atoms with Gasteiger partial charge in [0.15, 0.2) is 0 Å². The lowest BCUT2D eigenvalue weighted by Gasteiger charge is -2.32. The summed E-state index contributed by atoms with van der Waals surface area (Å²) in [6, 6.07) is 19.4. The zero-order valence-electron chi connectivity index (χ0n) is 12.2. The van der Waals surface area contributed by atoms with E-state index in [9.17, 15) is 0 Å². The van der Waals surface area contributed by atoms with Crippen molar-refractivity contribution >= 4 is 11.0 Å². The van der Waals surface area contributed by atoms with E-state index in [0.29, 0.717) is 5.92 Å². The lowest BCUT2D eigenvalue weighted by molar-refractivity contribution is 0.390. The summed E-state index contributed by atoms with van der Waals surface area (Å²) in [6.45, 7) is 0. The largest absolute Gasteiger partial charge is 0.459 e. The highest BCUT2D eigenvalue weighted by Crippen LogP contribution is 2.41. The van der Waals surface area contributed by atoms with Crippen LogP contribution in [0.15, 0.2) is 59.0 Å². The van der Waals surface area contributed by atoms with E-state index in [2.05, 4.69) is 47.8 Å². The molecule has 1 N–H and O–H groups in total. The van der Waals surface area contributed by atoms with Crippen molar-refractivity contribution in [3.05, 3.63) is 71.5 Å². The molecule has 1 aromatic heterocycles. The first-order valence-corrected chi connectivity index (χ1v) is 7.58. The fourth-order valence-corrected chi connectivity index (χ4v) is 3.41. The van der Waals surface area contributed by atoms with Crippen LogP contribution in [0.1, 0.15) is 35.3 Å². The molecule has 0 aliphatic heterocycles. The van der Waals surface area contributed by atoms with Gasteiger partial charge in [0.2, 0.25) is 0 Å². The van der Waals surface area contributed by atoms with E-state index in [-0.39, 0.29) is 6.04 Å². The molecular formula is C19H19NO. The zero-order valence-corrected chi connectivity index (χ0v) is 12.2. The number of hydrogen-bond acceptors (Lipinski definition) is 2.